The van der Waals surface area contributed by atoms with E-state index in [1.807, 2.05) is 0 Å². The highest BCUT2D eigenvalue weighted by Crippen LogP contribution is 2.31. The molecule has 6 nitrogen and oxygen atoms in total. The zero-order valence-electron chi connectivity index (χ0n) is 13.9. The Labute approximate surface area is 157 Å². The number of aromatic nitrogens is 3. The summed E-state index contributed by atoms with van der Waals surface area (Å²) in [6, 6.07) is 9.76. The van der Waals surface area contributed by atoms with Crippen molar-refractivity contribution in [3.8, 4) is 5.75 Å². The molecule has 140 valence electrons. The molecule has 1 aromatic heterocycles. The molecule has 3 rings (SSSR count). The zero-order valence-corrected chi connectivity index (χ0v) is 14.6. The Balaban J connectivity index is 1.77. The number of nitrogens with one attached hydrogen (secondary N) is 2. The van der Waals surface area contributed by atoms with Gasteiger partial charge in [-0.3, -0.25) is 0 Å². The van der Waals surface area contributed by atoms with E-state index >= 15 is 0 Å². The van der Waals surface area contributed by atoms with Gasteiger partial charge in [-0.2, -0.15) is 23.3 Å². The van der Waals surface area contributed by atoms with Crippen molar-refractivity contribution < 1.29 is 17.9 Å². The molecule has 0 atom stereocenters. The number of hydrogen-bond acceptors (Lipinski definition) is 6. The Morgan fingerprint density at radius 2 is 1.81 bits per heavy atom. The molecule has 2 N–H and O–H groups in total. The molecular formula is C17H13ClF3N5O. The van der Waals surface area contributed by atoms with Gasteiger partial charge in [-0.25, -0.2) is 0 Å². The molecule has 0 aliphatic carbocycles. The predicted molar refractivity (Wildman–Crippen MR) is 95.8 cm³/mol. The second kappa shape index (κ2) is 7.67. The van der Waals surface area contributed by atoms with Crippen LogP contribution in [-0.4, -0.2) is 22.3 Å². The van der Waals surface area contributed by atoms with Gasteiger partial charge in [0.15, 0.2) is 5.82 Å². The fraction of sp³-hybridized carbons (Fsp3) is 0.118. The molecule has 3 aromatic rings. The first-order valence-electron chi connectivity index (χ1n) is 7.60. The number of nitrogens with zero attached hydrogens (tertiary/aromatic N) is 3. The third kappa shape index (κ3) is 4.76. The van der Waals surface area contributed by atoms with Gasteiger partial charge in [0.2, 0.25) is 5.95 Å². The van der Waals surface area contributed by atoms with Crippen molar-refractivity contribution in [2.45, 2.75) is 6.18 Å². The van der Waals surface area contributed by atoms with Gasteiger partial charge in [0, 0.05) is 11.4 Å². The first-order chi connectivity index (χ1) is 12.8. The van der Waals surface area contributed by atoms with Gasteiger partial charge in [0.05, 0.1) is 23.9 Å². The molecule has 0 saturated carbocycles. The summed E-state index contributed by atoms with van der Waals surface area (Å²) >= 11 is 6.07. The van der Waals surface area contributed by atoms with Gasteiger partial charge < -0.3 is 15.4 Å². The van der Waals surface area contributed by atoms with E-state index < -0.39 is 11.7 Å². The van der Waals surface area contributed by atoms with Crippen LogP contribution in [0.4, 0.5) is 36.3 Å². The van der Waals surface area contributed by atoms with Gasteiger partial charge in [-0.15, -0.1) is 5.10 Å². The Kier molecular flexibility index (Phi) is 5.31. The van der Waals surface area contributed by atoms with E-state index in [1.54, 1.807) is 18.2 Å². The molecule has 0 saturated heterocycles. The lowest BCUT2D eigenvalue weighted by atomic mass is 10.2. The average molecular weight is 396 g/mol. The SMILES string of the molecule is COc1ccc(Nc2cnnc(Nc3cccc(C(F)(F)F)c3)n2)cc1Cl. The number of alkyl halides is 3. The molecule has 2 aromatic carbocycles. The van der Waals surface area contributed by atoms with Gasteiger partial charge in [-0.1, -0.05) is 17.7 Å². The van der Waals surface area contributed by atoms with Crippen LogP contribution in [0.1, 0.15) is 5.56 Å². The highest BCUT2D eigenvalue weighted by atomic mass is 35.5. The van der Waals surface area contributed by atoms with E-state index in [-0.39, 0.29) is 11.6 Å². The van der Waals surface area contributed by atoms with Gasteiger partial charge >= 0.3 is 6.18 Å². The number of methoxy groups -OCH3 is 1. The van der Waals surface area contributed by atoms with Crippen LogP contribution in [0, 0.1) is 0 Å². The van der Waals surface area contributed by atoms with E-state index in [0.717, 1.165) is 12.1 Å². The maximum Gasteiger partial charge on any atom is 0.416 e. The molecule has 1 heterocycles. The third-order valence-electron chi connectivity index (χ3n) is 3.43. The smallest absolute Gasteiger partial charge is 0.416 e. The first-order valence-corrected chi connectivity index (χ1v) is 7.97. The van der Waals surface area contributed by atoms with Crippen molar-refractivity contribution in [3.63, 3.8) is 0 Å². The molecule has 0 amide bonds. The Morgan fingerprint density at radius 1 is 1.04 bits per heavy atom. The maximum atomic E-state index is 12.8. The van der Waals surface area contributed by atoms with Crippen LogP contribution in [0.5, 0.6) is 5.75 Å². The topological polar surface area (TPSA) is 72.0 Å². The molecule has 27 heavy (non-hydrogen) atoms. The fourth-order valence-corrected chi connectivity index (χ4v) is 2.47. The quantitative estimate of drug-likeness (QED) is 0.630. The molecule has 0 spiro atoms. The van der Waals surface area contributed by atoms with Crippen LogP contribution < -0.4 is 15.4 Å². The zero-order chi connectivity index (χ0) is 19.4. The van der Waals surface area contributed by atoms with Crippen molar-refractivity contribution in [3.05, 3.63) is 59.2 Å². The lowest BCUT2D eigenvalue weighted by Gasteiger charge is -2.11. The molecule has 0 radical (unpaired) electrons. The monoisotopic (exact) mass is 395 g/mol. The summed E-state index contributed by atoms with van der Waals surface area (Å²) in [5.41, 5.74) is 0.0465. The Bertz CT molecular complexity index is 952. The van der Waals surface area contributed by atoms with E-state index in [0.29, 0.717) is 22.3 Å². The van der Waals surface area contributed by atoms with Gasteiger partial charge in [-0.05, 0) is 36.4 Å². The summed E-state index contributed by atoms with van der Waals surface area (Å²) < 4.78 is 43.5. The summed E-state index contributed by atoms with van der Waals surface area (Å²) in [5.74, 6) is 0.898. The highest BCUT2D eigenvalue weighted by Gasteiger charge is 2.30. The summed E-state index contributed by atoms with van der Waals surface area (Å²) in [6.07, 6.45) is -3.07. The van der Waals surface area contributed by atoms with Crippen molar-refractivity contribution in [2.75, 3.05) is 17.7 Å². The Hall–Kier alpha value is -3.07. The number of benzene rings is 2. The normalized spacial score (nSPS) is 11.1. The molecule has 0 unspecified atom stereocenters. The van der Waals surface area contributed by atoms with Gasteiger partial charge in [0.1, 0.15) is 5.75 Å². The molecular weight excluding hydrogens is 383 g/mol. The summed E-state index contributed by atoms with van der Waals surface area (Å²) in [6.45, 7) is 0. The van der Waals surface area contributed by atoms with Crippen LogP contribution in [0.2, 0.25) is 5.02 Å². The van der Waals surface area contributed by atoms with Crippen LogP contribution in [0.25, 0.3) is 0 Å². The van der Waals surface area contributed by atoms with Crippen molar-refractivity contribution in [2.24, 2.45) is 0 Å². The van der Waals surface area contributed by atoms with Crippen molar-refractivity contribution in [1.82, 2.24) is 15.2 Å². The van der Waals surface area contributed by atoms with Crippen LogP contribution >= 0.6 is 11.6 Å². The van der Waals surface area contributed by atoms with Crippen LogP contribution in [0.15, 0.2) is 48.7 Å². The summed E-state index contributed by atoms with van der Waals surface area (Å²) in [7, 11) is 1.51. The van der Waals surface area contributed by atoms with E-state index in [2.05, 4.69) is 25.8 Å². The predicted octanol–water partition coefficient (Wildman–Crippen LogP) is 5.04. The minimum absolute atomic E-state index is 0.0407. The summed E-state index contributed by atoms with van der Waals surface area (Å²) in [5, 5.41) is 13.7. The highest BCUT2D eigenvalue weighted by molar-refractivity contribution is 6.32. The molecule has 0 aliphatic rings. The second-order valence-electron chi connectivity index (χ2n) is 5.34. The van der Waals surface area contributed by atoms with Crippen LogP contribution in [0.3, 0.4) is 0 Å². The van der Waals surface area contributed by atoms with Crippen molar-refractivity contribution in [1.29, 1.82) is 0 Å². The first kappa shape index (κ1) is 18.7. The average Bonchev–Trinajstić information content (AvgIpc) is 2.62. The minimum atomic E-state index is -4.44. The number of hydrogen-bond donors (Lipinski definition) is 2. The van der Waals surface area contributed by atoms with Gasteiger partial charge in [0.25, 0.3) is 0 Å². The molecule has 10 heteroatoms. The lowest BCUT2D eigenvalue weighted by molar-refractivity contribution is -0.137. The number of anilines is 4. The van der Waals surface area contributed by atoms with E-state index in [9.17, 15) is 13.2 Å². The van der Waals surface area contributed by atoms with E-state index in [1.165, 1.54) is 25.4 Å². The fourth-order valence-electron chi connectivity index (χ4n) is 2.21. The maximum absolute atomic E-state index is 12.8. The van der Waals surface area contributed by atoms with Crippen molar-refractivity contribution >= 4 is 34.7 Å². The third-order valence-corrected chi connectivity index (χ3v) is 3.72. The van der Waals surface area contributed by atoms with E-state index in [4.69, 9.17) is 16.3 Å². The molecule has 0 aliphatic heterocycles. The summed E-state index contributed by atoms with van der Waals surface area (Å²) in [4.78, 5) is 4.18. The molecule has 0 fully saturated rings. The second-order valence-corrected chi connectivity index (χ2v) is 5.75. The minimum Gasteiger partial charge on any atom is -0.495 e. The lowest BCUT2D eigenvalue weighted by Crippen LogP contribution is -2.06. The molecule has 0 bridgehead atoms. The number of halogens is 4. The number of rotatable bonds is 5. The number of ether oxygens (including phenoxy) is 1. The Morgan fingerprint density at radius 3 is 2.52 bits per heavy atom. The van der Waals surface area contributed by atoms with Crippen LogP contribution in [-0.2, 0) is 6.18 Å². The largest absolute Gasteiger partial charge is 0.495 e. The standard InChI is InChI=1S/C17H13ClF3N5O/c1-27-14-6-5-12(8-13(14)18)23-15-9-22-26-16(25-15)24-11-4-2-3-10(7-11)17(19,20)21/h2-9H,1H3,(H2,23,24,25,26).